The Morgan fingerprint density at radius 3 is 2.12 bits per heavy atom. The van der Waals surface area contributed by atoms with Gasteiger partial charge in [0.1, 0.15) is 0 Å². The summed E-state index contributed by atoms with van der Waals surface area (Å²) >= 11 is 0. The third kappa shape index (κ3) is 4.49. The monoisotopic (exact) mass is 637 g/mol. The van der Waals surface area contributed by atoms with Crippen molar-refractivity contribution in [2.24, 2.45) is 35.5 Å². The van der Waals surface area contributed by atoms with E-state index in [0.29, 0.717) is 34.5 Å². The molecule has 2 bridgehead atoms. The molecule has 1 saturated carbocycles. The van der Waals surface area contributed by atoms with Crippen molar-refractivity contribution in [1.82, 2.24) is 4.90 Å². The minimum Gasteiger partial charge on any atom is -0.322 e. The summed E-state index contributed by atoms with van der Waals surface area (Å²) in [6.07, 6.45) is 11.4. The number of imide groups is 2. The highest BCUT2D eigenvalue weighted by Crippen LogP contribution is 2.59. The van der Waals surface area contributed by atoms with Gasteiger partial charge in [0.05, 0.1) is 34.9 Å². The molecule has 2 heterocycles. The first-order valence-corrected chi connectivity index (χ1v) is 16.2. The number of nitrogens with zero attached hydrogens (tertiary/aromatic N) is 2. The van der Waals surface area contributed by atoms with E-state index in [9.17, 15) is 24.0 Å². The Morgan fingerprint density at radius 1 is 0.896 bits per heavy atom. The molecule has 7 unspecified atom stereocenters. The van der Waals surface area contributed by atoms with Gasteiger partial charge < -0.3 is 5.32 Å². The number of hydrogen-bond donors (Lipinski definition) is 1. The van der Waals surface area contributed by atoms with Gasteiger partial charge in [-0.3, -0.25) is 28.9 Å². The maximum atomic E-state index is 14.5. The summed E-state index contributed by atoms with van der Waals surface area (Å²) in [5, 5.41) is 2.94. The second-order valence-electron chi connectivity index (χ2n) is 13.4. The predicted octanol–water partition coefficient (Wildman–Crippen LogP) is 5.72. The number of hydrogen-bond acceptors (Lipinski definition) is 5. The molecular weight excluding hydrogens is 602 g/mol. The van der Waals surface area contributed by atoms with Crippen molar-refractivity contribution < 1.29 is 24.0 Å². The van der Waals surface area contributed by atoms with E-state index in [4.69, 9.17) is 6.42 Å². The van der Waals surface area contributed by atoms with Crippen molar-refractivity contribution in [3.05, 3.63) is 113 Å². The molecule has 5 aliphatic rings. The minimum atomic E-state index is -1.08. The second kappa shape index (κ2) is 11.3. The van der Waals surface area contributed by atoms with E-state index in [0.717, 1.165) is 11.1 Å². The summed E-state index contributed by atoms with van der Waals surface area (Å²) in [5.74, 6) is -3.47. The van der Waals surface area contributed by atoms with E-state index < -0.39 is 41.0 Å². The van der Waals surface area contributed by atoms with E-state index in [2.05, 4.69) is 17.8 Å². The molecule has 8 heteroatoms. The zero-order chi connectivity index (χ0) is 34.1. The molecule has 3 aromatic carbocycles. The number of benzene rings is 3. The highest BCUT2D eigenvalue weighted by Gasteiger charge is 2.70. The fourth-order valence-corrected chi connectivity index (χ4v) is 8.37. The van der Waals surface area contributed by atoms with Crippen molar-refractivity contribution in [2.75, 3.05) is 10.2 Å². The number of rotatable bonds is 7. The first kappa shape index (κ1) is 31.1. The zero-order valence-electron chi connectivity index (χ0n) is 27.0. The van der Waals surface area contributed by atoms with E-state index >= 15 is 0 Å². The molecule has 48 heavy (non-hydrogen) atoms. The Morgan fingerprint density at radius 2 is 1.52 bits per heavy atom. The molecule has 5 amide bonds. The molecule has 1 N–H and O–H groups in total. The maximum absolute atomic E-state index is 14.5. The van der Waals surface area contributed by atoms with Crippen LogP contribution in [0.15, 0.2) is 85.5 Å². The average molecular weight is 638 g/mol. The van der Waals surface area contributed by atoms with Gasteiger partial charge >= 0.3 is 0 Å². The molecule has 3 aromatic rings. The fraction of sp³-hybridized carbons (Fsp3) is 0.275. The lowest BCUT2D eigenvalue weighted by molar-refractivity contribution is -0.147. The summed E-state index contributed by atoms with van der Waals surface area (Å²) in [4.78, 5) is 72.8. The first-order valence-electron chi connectivity index (χ1n) is 16.2. The molecule has 2 saturated heterocycles. The highest BCUT2D eigenvalue weighted by atomic mass is 16.2. The summed E-state index contributed by atoms with van der Waals surface area (Å²) < 4.78 is 0. The molecule has 0 aromatic heterocycles. The standard InChI is InChI=1S/C40H35N3O5/c1-6-23-11-9-13-27(19-23)41-35(44)25-17-22(4)18-26(21-25)40(5,8-3)43-38(47)33-29-15-16-30(34(33)39(43)48)32-31(29)36(45)42(37(32)46)28-14-10-12-24(7-2)20-28/h2,6,9-21,29-34H,1,8H2,3-5H3,(H,41,44). The Labute approximate surface area is 279 Å². The number of carbonyl (C=O) groups excluding carboxylic acids is 5. The Kier molecular flexibility index (Phi) is 7.32. The Bertz CT molecular complexity index is 1970. The number of likely N-dealkylation sites (tertiary alicyclic amines) is 1. The SMILES string of the molecule is C#Cc1cccc(N2C(=O)C3C4C=CC(C3C2=O)C2C(=O)N(C(C)(CC)c3cc(C)cc(C(=O)Nc5cccc(C=C)c5)c3)C(=O)C42)c1. The highest BCUT2D eigenvalue weighted by molar-refractivity contribution is 6.23. The van der Waals surface area contributed by atoms with E-state index in [1.165, 1.54) is 9.80 Å². The Hall–Kier alpha value is -5.55. The van der Waals surface area contributed by atoms with Gasteiger partial charge in [-0.2, -0.15) is 0 Å². The van der Waals surface area contributed by atoms with Crippen LogP contribution >= 0.6 is 0 Å². The molecular formula is C40H35N3O5. The smallest absolute Gasteiger partial charge is 0.255 e. The van der Waals surface area contributed by atoms with Crippen molar-refractivity contribution in [3.8, 4) is 12.3 Å². The van der Waals surface area contributed by atoms with Crippen molar-refractivity contribution in [1.29, 1.82) is 0 Å². The van der Waals surface area contributed by atoms with Gasteiger partial charge in [-0.25, -0.2) is 4.90 Å². The van der Waals surface area contributed by atoms with Crippen LogP contribution in [0.1, 0.15) is 52.9 Å². The summed E-state index contributed by atoms with van der Waals surface area (Å²) in [5.41, 5.74) is 3.19. The van der Waals surface area contributed by atoms with Crippen LogP contribution in [0.25, 0.3) is 6.08 Å². The molecule has 0 radical (unpaired) electrons. The summed E-state index contributed by atoms with van der Waals surface area (Å²) in [7, 11) is 0. The van der Waals surface area contributed by atoms with E-state index in [1.807, 2.05) is 57.2 Å². The number of carbonyl (C=O) groups is 5. The topological polar surface area (TPSA) is 104 Å². The number of amides is 5. The molecule has 0 spiro atoms. The molecule has 8 rings (SSSR count). The van der Waals surface area contributed by atoms with Gasteiger partial charge in [-0.1, -0.05) is 61.9 Å². The molecule has 7 atom stereocenters. The predicted molar refractivity (Wildman–Crippen MR) is 182 cm³/mol. The summed E-state index contributed by atoms with van der Waals surface area (Å²) in [6, 6.07) is 19.5. The van der Waals surface area contributed by atoms with Crippen molar-refractivity contribution >= 4 is 47.0 Å². The number of aryl methyl sites for hydroxylation is 1. The van der Waals surface area contributed by atoms with Crippen LogP contribution in [0.5, 0.6) is 0 Å². The lowest BCUT2D eigenvalue weighted by Crippen LogP contribution is -2.50. The van der Waals surface area contributed by atoms with Crippen molar-refractivity contribution in [3.63, 3.8) is 0 Å². The third-order valence-corrected chi connectivity index (χ3v) is 10.8. The Balaban J connectivity index is 1.21. The lowest BCUT2D eigenvalue weighted by atomic mass is 9.54. The van der Waals surface area contributed by atoms with Crippen LogP contribution < -0.4 is 10.2 Å². The largest absolute Gasteiger partial charge is 0.322 e. The molecule has 3 fully saturated rings. The first-order chi connectivity index (χ1) is 23.0. The quantitative estimate of drug-likeness (QED) is 0.203. The van der Waals surface area contributed by atoms with Crippen LogP contribution in [0.4, 0.5) is 11.4 Å². The average Bonchev–Trinajstić information content (AvgIpc) is 3.54. The third-order valence-electron chi connectivity index (χ3n) is 10.8. The number of terminal acetylenes is 1. The van der Waals surface area contributed by atoms with E-state index in [-0.39, 0.29) is 29.5 Å². The van der Waals surface area contributed by atoms with Crippen LogP contribution in [-0.2, 0) is 24.7 Å². The number of nitrogens with one attached hydrogen (secondary N) is 1. The molecule has 8 nitrogen and oxygen atoms in total. The molecule has 240 valence electrons. The number of anilines is 2. The van der Waals surface area contributed by atoms with Crippen molar-refractivity contribution in [2.45, 2.75) is 32.7 Å². The van der Waals surface area contributed by atoms with Gasteiger partial charge in [0, 0.05) is 28.7 Å². The second-order valence-corrected chi connectivity index (χ2v) is 13.4. The van der Waals surface area contributed by atoms with E-state index in [1.54, 1.807) is 48.5 Å². The molecule has 2 aliphatic heterocycles. The van der Waals surface area contributed by atoms with Gasteiger partial charge in [0.2, 0.25) is 23.6 Å². The van der Waals surface area contributed by atoms with Gasteiger partial charge in [-0.15, -0.1) is 6.42 Å². The van der Waals surface area contributed by atoms with Gasteiger partial charge in [0.15, 0.2) is 0 Å². The molecule has 3 aliphatic carbocycles. The number of allylic oxidation sites excluding steroid dienone is 2. The zero-order valence-corrected chi connectivity index (χ0v) is 27.0. The van der Waals surface area contributed by atoms with Crippen LogP contribution in [0.3, 0.4) is 0 Å². The fourth-order valence-electron chi connectivity index (χ4n) is 8.37. The van der Waals surface area contributed by atoms with Gasteiger partial charge in [-0.05, 0) is 79.4 Å². The van der Waals surface area contributed by atoms with Crippen LogP contribution in [-0.4, -0.2) is 34.4 Å². The maximum Gasteiger partial charge on any atom is 0.255 e. The normalized spacial score (nSPS) is 26.6. The summed E-state index contributed by atoms with van der Waals surface area (Å²) in [6.45, 7) is 9.41. The van der Waals surface area contributed by atoms with Crippen LogP contribution in [0.2, 0.25) is 0 Å². The lowest BCUT2D eigenvalue weighted by Gasteiger charge is -2.44. The van der Waals surface area contributed by atoms with Crippen LogP contribution in [0, 0.1) is 54.8 Å². The van der Waals surface area contributed by atoms with Gasteiger partial charge in [0.25, 0.3) is 5.91 Å². The minimum absolute atomic E-state index is 0.322.